The van der Waals surface area contributed by atoms with E-state index < -0.39 is 0 Å². The average Bonchev–Trinajstić information content (AvgIpc) is 2.63. The van der Waals surface area contributed by atoms with Gasteiger partial charge in [-0.1, -0.05) is 0 Å². The topological polar surface area (TPSA) is 43.8 Å². The molecule has 0 aliphatic rings. The van der Waals surface area contributed by atoms with Gasteiger partial charge in [0.05, 0.1) is 18.2 Å². The van der Waals surface area contributed by atoms with Crippen LogP contribution in [0.25, 0.3) is 5.69 Å². The van der Waals surface area contributed by atoms with Gasteiger partial charge in [0.15, 0.2) is 0 Å². The number of nitrogens with two attached hydrogens (primary N) is 1. The van der Waals surface area contributed by atoms with E-state index in [-0.39, 0.29) is 11.9 Å². The number of benzene rings is 1. The summed E-state index contributed by atoms with van der Waals surface area (Å²) in [5.74, 6) is -0.251. The predicted molar refractivity (Wildman–Crippen MR) is 60.9 cm³/mol. The van der Waals surface area contributed by atoms with Gasteiger partial charge < -0.3 is 10.3 Å². The quantitative estimate of drug-likeness (QED) is 0.842. The van der Waals surface area contributed by atoms with E-state index in [9.17, 15) is 4.39 Å². The van der Waals surface area contributed by atoms with Gasteiger partial charge in [0.25, 0.3) is 0 Å². The number of aromatic nitrogens is 2. The Hall–Kier alpha value is -1.68. The van der Waals surface area contributed by atoms with Crippen LogP contribution in [-0.2, 0) is 0 Å². The summed E-state index contributed by atoms with van der Waals surface area (Å²) in [6.07, 6.45) is 3.35. The second-order valence-corrected chi connectivity index (χ2v) is 3.96. The maximum absolute atomic E-state index is 13.3. The molecule has 0 aliphatic carbocycles. The van der Waals surface area contributed by atoms with Gasteiger partial charge >= 0.3 is 0 Å². The third kappa shape index (κ3) is 1.97. The van der Waals surface area contributed by atoms with Crippen molar-refractivity contribution in [2.45, 2.75) is 19.9 Å². The minimum atomic E-state index is -0.251. The molecule has 2 aromatic rings. The van der Waals surface area contributed by atoms with Crippen molar-refractivity contribution in [3.8, 4) is 5.69 Å². The zero-order valence-electron chi connectivity index (χ0n) is 9.31. The van der Waals surface area contributed by atoms with Crippen molar-refractivity contribution in [2.24, 2.45) is 5.73 Å². The van der Waals surface area contributed by atoms with Crippen LogP contribution in [-0.4, -0.2) is 9.55 Å². The van der Waals surface area contributed by atoms with Gasteiger partial charge in [-0.15, -0.1) is 0 Å². The number of halogens is 1. The second kappa shape index (κ2) is 4.06. The Morgan fingerprint density at radius 2 is 2.12 bits per heavy atom. The molecule has 16 heavy (non-hydrogen) atoms. The van der Waals surface area contributed by atoms with Crippen molar-refractivity contribution < 1.29 is 4.39 Å². The lowest BCUT2D eigenvalue weighted by Gasteiger charge is -2.11. The summed E-state index contributed by atoms with van der Waals surface area (Å²) in [5.41, 5.74) is 8.31. The van der Waals surface area contributed by atoms with Gasteiger partial charge in [-0.3, -0.25) is 0 Å². The highest BCUT2D eigenvalue weighted by atomic mass is 19.1. The minimum absolute atomic E-state index is 0.133. The molecule has 1 heterocycles. The first-order chi connectivity index (χ1) is 7.58. The summed E-state index contributed by atoms with van der Waals surface area (Å²) in [7, 11) is 0. The summed E-state index contributed by atoms with van der Waals surface area (Å²) < 4.78 is 15.1. The zero-order chi connectivity index (χ0) is 11.7. The van der Waals surface area contributed by atoms with Crippen LogP contribution in [0.4, 0.5) is 4.39 Å². The van der Waals surface area contributed by atoms with Gasteiger partial charge in [-0.25, -0.2) is 9.37 Å². The summed E-state index contributed by atoms with van der Waals surface area (Å²) in [4.78, 5) is 4.04. The molecule has 84 valence electrons. The monoisotopic (exact) mass is 219 g/mol. The lowest BCUT2D eigenvalue weighted by Crippen LogP contribution is -2.10. The van der Waals surface area contributed by atoms with Crippen LogP contribution in [0.1, 0.15) is 24.2 Å². The van der Waals surface area contributed by atoms with Gasteiger partial charge in [-0.05, 0) is 37.6 Å². The highest BCUT2D eigenvalue weighted by Gasteiger charge is 2.09. The van der Waals surface area contributed by atoms with Crippen LogP contribution in [0.5, 0.6) is 0 Å². The number of aryl methyl sites for hydroxylation is 1. The van der Waals surface area contributed by atoms with E-state index in [0.29, 0.717) is 0 Å². The van der Waals surface area contributed by atoms with Crippen molar-refractivity contribution >= 4 is 0 Å². The third-order valence-corrected chi connectivity index (χ3v) is 2.44. The number of nitrogens with zero attached hydrogens (tertiary/aromatic N) is 2. The molecule has 1 atom stereocenters. The molecule has 0 spiro atoms. The van der Waals surface area contributed by atoms with E-state index in [4.69, 9.17) is 5.73 Å². The van der Waals surface area contributed by atoms with Gasteiger partial charge in [0.2, 0.25) is 0 Å². The molecule has 3 nitrogen and oxygen atoms in total. The molecule has 0 radical (unpaired) electrons. The highest BCUT2D eigenvalue weighted by molar-refractivity contribution is 5.38. The number of hydrogen-bond donors (Lipinski definition) is 1. The van der Waals surface area contributed by atoms with Crippen LogP contribution in [0, 0.1) is 12.7 Å². The standard InChI is InChI=1S/C12H14FN3/c1-8-3-10(13)5-11(4-8)16-7-15-6-12(16)9(2)14/h3-7,9H,14H2,1-2H3/t9-/m0/s1. The van der Waals surface area contributed by atoms with Gasteiger partial charge in [0, 0.05) is 11.7 Å². The number of imidazole rings is 1. The van der Waals surface area contributed by atoms with Crippen molar-refractivity contribution in [2.75, 3.05) is 0 Å². The maximum Gasteiger partial charge on any atom is 0.125 e. The molecule has 0 unspecified atom stereocenters. The summed E-state index contributed by atoms with van der Waals surface area (Å²) in [6.45, 7) is 3.73. The molecule has 2 rings (SSSR count). The Morgan fingerprint density at radius 1 is 1.38 bits per heavy atom. The first-order valence-electron chi connectivity index (χ1n) is 5.13. The van der Waals surface area contributed by atoms with Crippen molar-refractivity contribution in [1.29, 1.82) is 0 Å². The van der Waals surface area contributed by atoms with E-state index in [0.717, 1.165) is 16.9 Å². The largest absolute Gasteiger partial charge is 0.323 e. The van der Waals surface area contributed by atoms with Crippen LogP contribution in [0.3, 0.4) is 0 Å². The fourth-order valence-corrected chi connectivity index (χ4v) is 1.71. The van der Waals surface area contributed by atoms with Crippen LogP contribution in [0.2, 0.25) is 0 Å². The lowest BCUT2D eigenvalue weighted by atomic mass is 10.2. The SMILES string of the molecule is Cc1cc(F)cc(-n2cncc2[C@H](C)N)c1. The molecule has 0 saturated carbocycles. The van der Waals surface area contributed by atoms with E-state index in [1.807, 2.05) is 19.9 Å². The molecule has 0 saturated heterocycles. The predicted octanol–water partition coefficient (Wildman–Crippen LogP) is 2.34. The Morgan fingerprint density at radius 3 is 2.75 bits per heavy atom. The average molecular weight is 219 g/mol. The van der Waals surface area contributed by atoms with Crippen molar-refractivity contribution in [3.05, 3.63) is 47.8 Å². The molecule has 0 aliphatic heterocycles. The summed E-state index contributed by atoms with van der Waals surface area (Å²) >= 11 is 0. The molecule has 0 fully saturated rings. The fraction of sp³-hybridized carbons (Fsp3) is 0.250. The highest BCUT2D eigenvalue weighted by Crippen LogP contribution is 2.18. The first-order valence-corrected chi connectivity index (χ1v) is 5.13. The Labute approximate surface area is 93.7 Å². The Kier molecular flexibility index (Phi) is 2.75. The first kappa shape index (κ1) is 10.8. The molecule has 1 aromatic carbocycles. The minimum Gasteiger partial charge on any atom is -0.323 e. The number of rotatable bonds is 2. The van der Waals surface area contributed by atoms with Crippen molar-refractivity contribution in [3.63, 3.8) is 0 Å². The molecule has 4 heteroatoms. The van der Waals surface area contributed by atoms with Crippen LogP contribution >= 0.6 is 0 Å². The summed E-state index contributed by atoms with van der Waals surface area (Å²) in [6, 6.07) is 4.73. The lowest BCUT2D eigenvalue weighted by molar-refractivity contribution is 0.624. The molecule has 0 bridgehead atoms. The smallest absolute Gasteiger partial charge is 0.125 e. The Bertz CT molecular complexity index is 482. The van der Waals surface area contributed by atoms with Crippen LogP contribution < -0.4 is 5.73 Å². The van der Waals surface area contributed by atoms with Crippen molar-refractivity contribution in [1.82, 2.24) is 9.55 Å². The fourth-order valence-electron chi connectivity index (χ4n) is 1.71. The molecule has 1 aromatic heterocycles. The second-order valence-electron chi connectivity index (χ2n) is 3.96. The summed E-state index contributed by atoms with van der Waals surface area (Å²) in [5, 5.41) is 0. The van der Waals surface area contributed by atoms with E-state index in [1.54, 1.807) is 17.1 Å². The zero-order valence-corrected chi connectivity index (χ0v) is 9.31. The van der Waals surface area contributed by atoms with Gasteiger partial charge in [0.1, 0.15) is 5.82 Å². The number of hydrogen-bond acceptors (Lipinski definition) is 2. The maximum atomic E-state index is 13.3. The third-order valence-electron chi connectivity index (χ3n) is 2.44. The molecular weight excluding hydrogens is 205 g/mol. The van der Waals surface area contributed by atoms with E-state index in [1.165, 1.54) is 12.1 Å². The van der Waals surface area contributed by atoms with E-state index >= 15 is 0 Å². The molecule has 0 amide bonds. The Balaban J connectivity index is 2.54. The van der Waals surface area contributed by atoms with Gasteiger partial charge in [-0.2, -0.15) is 0 Å². The molecular formula is C12H14FN3. The van der Waals surface area contributed by atoms with E-state index in [2.05, 4.69) is 4.98 Å². The molecule has 2 N–H and O–H groups in total. The normalized spacial score (nSPS) is 12.8. The van der Waals surface area contributed by atoms with Crippen LogP contribution in [0.15, 0.2) is 30.7 Å².